The lowest BCUT2D eigenvalue weighted by atomic mass is 10.1. The summed E-state index contributed by atoms with van der Waals surface area (Å²) in [5, 5.41) is 23.5. The van der Waals surface area contributed by atoms with E-state index in [1.165, 1.54) is 6.07 Å². The van der Waals surface area contributed by atoms with Crippen LogP contribution in [0.5, 0.6) is 0 Å². The summed E-state index contributed by atoms with van der Waals surface area (Å²) in [5.41, 5.74) is 0.715. The van der Waals surface area contributed by atoms with Gasteiger partial charge in [-0.1, -0.05) is 6.07 Å². The maximum absolute atomic E-state index is 11.8. The van der Waals surface area contributed by atoms with Gasteiger partial charge in [0.05, 0.1) is 17.6 Å². The number of aliphatic hydroxyl groups is 1. The van der Waals surface area contributed by atoms with E-state index in [0.29, 0.717) is 11.3 Å². The number of nitro groups is 1. The van der Waals surface area contributed by atoms with Crippen LogP contribution in [-0.2, 0) is 4.79 Å². The fraction of sp³-hybridized carbons (Fsp3) is 0.500. The largest absolute Gasteiger partial charge is 0.389 e. The highest BCUT2D eigenvalue weighted by Gasteiger charge is 2.25. The molecule has 0 bridgehead atoms. The number of hydrogen-bond acceptors (Lipinski definition) is 5. The fourth-order valence-electron chi connectivity index (χ4n) is 2.07. The number of likely N-dealkylation sites (N-methyl/N-ethyl adjacent to an activating group) is 1. The van der Waals surface area contributed by atoms with E-state index in [-0.39, 0.29) is 24.2 Å². The van der Waals surface area contributed by atoms with E-state index >= 15 is 0 Å². The van der Waals surface area contributed by atoms with Gasteiger partial charge in [0.2, 0.25) is 5.91 Å². The van der Waals surface area contributed by atoms with Crippen molar-refractivity contribution in [3.63, 3.8) is 0 Å². The fourth-order valence-corrected chi connectivity index (χ4v) is 2.07. The van der Waals surface area contributed by atoms with E-state index in [1.54, 1.807) is 31.0 Å². The average molecular weight is 293 g/mol. The Morgan fingerprint density at radius 1 is 1.57 bits per heavy atom. The molecule has 0 heterocycles. The van der Waals surface area contributed by atoms with Crippen molar-refractivity contribution in [2.24, 2.45) is 0 Å². The van der Waals surface area contributed by atoms with Crippen LogP contribution >= 0.6 is 0 Å². The molecule has 0 aromatic heterocycles. The second-order valence-electron chi connectivity index (χ2n) is 5.38. The minimum absolute atomic E-state index is 0.0609. The average Bonchev–Trinajstić information content (AvgIpc) is 3.21. The third-order valence-corrected chi connectivity index (χ3v) is 3.41. The van der Waals surface area contributed by atoms with Gasteiger partial charge < -0.3 is 15.3 Å². The number of nitrogens with one attached hydrogen (secondary N) is 1. The van der Waals surface area contributed by atoms with Gasteiger partial charge in [-0.15, -0.1) is 0 Å². The first-order chi connectivity index (χ1) is 9.88. The third kappa shape index (κ3) is 3.91. The van der Waals surface area contributed by atoms with E-state index in [9.17, 15) is 20.0 Å². The summed E-state index contributed by atoms with van der Waals surface area (Å²) in [6, 6.07) is 4.79. The van der Waals surface area contributed by atoms with Crippen LogP contribution < -0.4 is 10.2 Å². The quantitative estimate of drug-likeness (QED) is 0.610. The van der Waals surface area contributed by atoms with Crippen molar-refractivity contribution < 1.29 is 14.8 Å². The smallest absolute Gasteiger partial charge is 0.292 e. The summed E-state index contributed by atoms with van der Waals surface area (Å²) < 4.78 is 0. The van der Waals surface area contributed by atoms with Gasteiger partial charge in [-0.2, -0.15) is 0 Å². The van der Waals surface area contributed by atoms with Crippen LogP contribution in [-0.4, -0.2) is 35.6 Å². The molecule has 1 amide bonds. The van der Waals surface area contributed by atoms with Crippen molar-refractivity contribution in [1.82, 2.24) is 5.32 Å². The van der Waals surface area contributed by atoms with Gasteiger partial charge in [0.25, 0.3) is 5.69 Å². The van der Waals surface area contributed by atoms with Gasteiger partial charge >= 0.3 is 0 Å². The molecule has 0 aliphatic heterocycles. The summed E-state index contributed by atoms with van der Waals surface area (Å²) >= 11 is 0. The minimum Gasteiger partial charge on any atom is -0.389 e. The Morgan fingerprint density at radius 2 is 2.24 bits per heavy atom. The molecule has 0 radical (unpaired) electrons. The van der Waals surface area contributed by atoms with Crippen molar-refractivity contribution in [1.29, 1.82) is 0 Å². The molecule has 0 unspecified atom stereocenters. The number of rotatable bonds is 6. The van der Waals surface area contributed by atoms with Gasteiger partial charge in [-0.05, 0) is 31.4 Å². The molecule has 0 saturated heterocycles. The van der Waals surface area contributed by atoms with Crippen molar-refractivity contribution in [2.75, 3.05) is 18.5 Å². The Hall–Kier alpha value is -2.15. The second kappa shape index (κ2) is 6.09. The number of benzene rings is 1. The first kappa shape index (κ1) is 15.2. The van der Waals surface area contributed by atoms with Gasteiger partial charge in [0.15, 0.2) is 0 Å². The zero-order valence-corrected chi connectivity index (χ0v) is 12.1. The molecule has 2 N–H and O–H groups in total. The van der Waals surface area contributed by atoms with Gasteiger partial charge in [0, 0.05) is 19.2 Å². The highest BCUT2D eigenvalue weighted by atomic mass is 16.6. The molecule has 1 aliphatic rings. The van der Waals surface area contributed by atoms with E-state index in [0.717, 1.165) is 12.8 Å². The molecule has 7 heteroatoms. The van der Waals surface area contributed by atoms with Crippen LogP contribution in [0.25, 0.3) is 0 Å². The number of nitrogens with zero attached hydrogens (tertiary/aromatic N) is 2. The van der Waals surface area contributed by atoms with E-state index < -0.39 is 11.0 Å². The van der Waals surface area contributed by atoms with Crippen LogP contribution in [0.1, 0.15) is 31.4 Å². The third-order valence-electron chi connectivity index (χ3n) is 3.41. The van der Waals surface area contributed by atoms with Crippen molar-refractivity contribution in [2.45, 2.75) is 31.9 Å². The van der Waals surface area contributed by atoms with Gasteiger partial charge in [0.1, 0.15) is 5.69 Å². The Morgan fingerprint density at radius 3 is 2.76 bits per heavy atom. The molecular weight excluding hydrogens is 274 g/mol. The van der Waals surface area contributed by atoms with Crippen LogP contribution in [0.4, 0.5) is 11.4 Å². The van der Waals surface area contributed by atoms with Crippen molar-refractivity contribution in [3.8, 4) is 0 Å². The molecular formula is C14H19N3O4. The molecule has 1 atom stereocenters. The lowest BCUT2D eigenvalue weighted by Crippen LogP contribution is -2.36. The maximum Gasteiger partial charge on any atom is 0.292 e. The molecule has 0 spiro atoms. The number of amides is 1. The lowest BCUT2D eigenvalue weighted by molar-refractivity contribution is -0.384. The first-order valence-corrected chi connectivity index (χ1v) is 6.85. The molecule has 1 fully saturated rings. The number of nitro benzene ring substituents is 1. The Labute approximate surface area is 122 Å². The Balaban J connectivity index is 2.16. The van der Waals surface area contributed by atoms with Crippen molar-refractivity contribution in [3.05, 3.63) is 33.9 Å². The number of hydrogen-bond donors (Lipinski definition) is 2. The summed E-state index contributed by atoms with van der Waals surface area (Å²) in [5.74, 6) is -0.145. The first-order valence-electron chi connectivity index (χ1n) is 6.85. The van der Waals surface area contributed by atoms with Crippen LogP contribution in [0, 0.1) is 10.1 Å². The number of carbonyl (C=O) groups is 1. The number of anilines is 1. The highest BCUT2D eigenvalue weighted by molar-refractivity contribution is 5.83. The SMILES string of the molecule is C[C@@H](O)c1ccc(N(C)CC(=O)NC2CC2)c([N+](=O)[O-])c1. The molecule has 1 aliphatic carbocycles. The summed E-state index contributed by atoms with van der Waals surface area (Å²) in [7, 11) is 1.64. The predicted molar refractivity (Wildman–Crippen MR) is 78.2 cm³/mol. The predicted octanol–water partition coefficient (Wildman–Crippen LogP) is 1.36. The monoisotopic (exact) mass is 293 g/mol. The highest BCUT2D eigenvalue weighted by Crippen LogP contribution is 2.30. The number of carbonyl (C=O) groups excluding carboxylic acids is 1. The molecule has 2 rings (SSSR count). The van der Waals surface area contributed by atoms with Crippen LogP contribution in [0.2, 0.25) is 0 Å². The summed E-state index contributed by atoms with van der Waals surface area (Å²) in [6.45, 7) is 1.61. The van der Waals surface area contributed by atoms with Crippen molar-refractivity contribution >= 4 is 17.3 Å². The lowest BCUT2D eigenvalue weighted by Gasteiger charge is -2.19. The minimum atomic E-state index is -0.777. The summed E-state index contributed by atoms with van der Waals surface area (Å²) in [4.78, 5) is 24.0. The molecule has 21 heavy (non-hydrogen) atoms. The Kier molecular flexibility index (Phi) is 4.42. The standard InChI is InChI=1S/C14H19N3O4/c1-9(18)10-3-6-12(13(7-10)17(20)21)16(2)8-14(19)15-11-4-5-11/h3,6-7,9,11,18H,4-5,8H2,1-2H3,(H,15,19)/t9-/m1/s1. The zero-order chi connectivity index (χ0) is 15.6. The van der Waals surface area contributed by atoms with E-state index in [1.807, 2.05) is 0 Å². The summed E-state index contributed by atoms with van der Waals surface area (Å²) in [6.07, 6.45) is 1.22. The molecule has 1 aromatic rings. The van der Waals surface area contributed by atoms with Gasteiger partial charge in [-0.3, -0.25) is 14.9 Å². The normalized spacial score (nSPS) is 15.4. The molecule has 1 aromatic carbocycles. The number of aliphatic hydroxyl groups excluding tert-OH is 1. The Bertz CT molecular complexity index is 555. The maximum atomic E-state index is 11.8. The van der Waals surface area contributed by atoms with Crippen LogP contribution in [0.15, 0.2) is 18.2 Å². The van der Waals surface area contributed by atoms with E-state index in [4.69, 9.17) is 0 Å². The van der Waals surface area contributed by atoms with Crippen LogP contribution in [0.3, 0.4) is 0 Å². The van der Waals surface area contributed by atoms with Gasteiger partial charge in [-0.25, -0.2) is 0 Å². The molecule has 1 saturated carbocycles. The molecule has 7 nitrogen and oxygen atoms in total. The topological polar surface area (TPSA) is 95.7 Å². The van der Waals surface area contributed by atoms with E-state index in [2.05, 4.69) is 5.32 Å². The molecule has 114 valence electrons. The zero-order valence-electron chi connectivity index (χ0n) is 12.1. The second-order valence-corrected chi connectivity index (χ2v) is 5.38.